The highest BCUT2D eigenvalue weighted by molar-refractivity contribution is 5.56. The average Bonchev–Trinajstić information content (AvgIpc) is 2.67. The predicted octanol–water partition coefficient (Wildman–Crippen LogP) is 2.63. The Balaban J connectivity index is 2.54. The molecule has 0 aliphatic carbocycles. The first-order chi connectivity index (χ1) is 7.74. The zero-order valence-electron chi connectivity index (χ0n) is 8.82. The Kier molecular flexibility index (Phi) is 2.94. The minimum absolute atomic E-state index is 0.117. The summed E-state index contributed by atoms with van der Waals surface area (Å²) in [5, 5.41) is 7.44. The van der Waals surface area contributed by atoms with Crippen LogP contribution in [0.3, 0.4) is 0 Å². The van der Waals surface area contributed by atoms with Gasteiger partial charge in [-0.2, -0.15) is 0 Å². The minimum atomic E-state index is -0.620. The smallest absolute Gasteiger partial charge is 0.169 e. The molecule has 3 nitrogen and oxygen atoms in total. The number of hydrogen-bond donors (Lipinski definition) is 0. The molecule has 1 aromatic heterocycles. The van der Waals surface area contributed by atoms with Crippen LogP contribution in [0.5, 0.6) is 0 Å². The van der Waals surface area contributed by atoms with Crippen molar-refractivity contribution in [2.45, 2.75) is 19.9 Å². The van der Waals surface area contributed by atoms with Crippen molar-refractivity contribution < 1.29 is 8.78 Å². The number of halogens is 2. The average molecular weight is 223 g/mol. The van der Waals surface area contributed by atoms with Crippen molar-refractivity contribution in [3.63, 3.8) is 0 Å². The highest BCUT2D eigenvalue weighted by Crippen LogP contribution is 2.23. The van der Waals surface area contributed by atoms with E-state index < -0.39 is 11.6 Å². The third kappa shape index (κ3) is 1.80. The summed E-state index contributed by atoms with van der Waals surface area (Å²) in [4.78, 5) is 0. The van der Waals surface area contributed by atoms with Crippen LogP contribution in [0.4, 0.5) is 8.78 Å². The zero-order chi connectivity index (χ0) is 11.5. The van der Waals surface area contributed by atoms with Crippen LogP contribution in [-0.2, 0) is 6.54 Å². The van der Waals surface area contributed by atoms with Crippen molar-refractivity contribution >= 4 is 0 Å². The zero-order valence-corrected chi connectivity index (χ0v) is 8.82. The maximum absolute atomic E-state index is 13.5. The molecule has 0 N–H and O–H groups in total. The monoisotopic (exact) mass is 223 g/mol. The maximum atomic E-state index is 13.5. The molecule has 84 valence electrons. The summed E-state index contributed by atoms with van der Waals surface area (Å²) in [6, 6.07) is 3.75. The van der Waals surface area contributed by atoms with Crippen molar-refractivity contribution in [2.24, 2.45) is 0 Å². The summed E-state index contributed by atoms with van der Waals surface area (Å²) >= 11 is 0. The Labute approximate surface area is 91.7 Å². The lowest BCUT2D eigenvalue weighted by Gasteiger charge is -2.06. The Morgan fingerprint density at radius 1 is 1.25 bits per heavy atom. The Morgan fingerprint density at radius 2 is 1.94 bits per heavy atom. The van der Waals surface area contributed by atoms with Gasteiger partial charge in [0.15, 0.2) is 5.82 Å². The van der Waals surface area contributed by atoms with E-state index in [9.17, 15) is 8.78 Å². The molecule has 0 amide bonds. The molecule has 16 heavy (non-hydrogen) atoms. The molecule has 0 aliphatic heterocycles. The van der Waals surface area contributed by atoms with Crippen LogP contribution in [0.25, 0.3) is 11.4 Å². The number of nitrogens with zero attached hydrogens (tertiary/aromatic N) is 3. The second-order valence-electron chi connectivity index (χ2n) is 3.44. The van der Waals surface area contributed by atoms with Crippen LogP contribution in [0.1, 0.15) is 13.3 Å². The Bertz CT molecular complexity index is 473. The van der Waals surface area contributed by atoms with E-state index in [-0.39, 0.29) is 11.4 Å². The number of hydrogen-bond acceptors (Lipinski definition) is 2. The number of aryl methyl sites for hydroxylation is 1. The molecular weight excluding hydrogens is 212 g/mol. The molecule has 5 heteroatoms. The van der Waals surface area contributed by atoms with E-state index in [1.54, 1.807) is 4.57 Å². The SMILES string of the molecule is CCCn1cnnc1-c1c(F)cccc1F. The maximum Gasteiger partial charge on any atom is 0.169 e. The molecule has 2 rings (SSSR count). The first-order valence-electron chi connectivity index (χ1n) is 5.06. The van der Waals surface area contributed by atoms with E-state index in [1.807, 2.05) is 6.92 Å². The quantitative estimate of drug-likeness (QED) is 0.800. The van der Waals surface area contributed by atoms with Gasteiger partial charge in [0, 0.05) is 6.54 Å². The van der Waals surface area contributed by atoms with Crippen molar-refractivity contribution in [3.05, 3.63) is 36.2 Å². The van der Waals surface area contributed by atoms with Crippen LogP contribution in [0, 0.1) is 11.6 Å². The molecule has 0 aliphatic rings. The van der Waals surface area contributed by atoms with Crippen molar-refractivity contribution in [2.75, 3.05) is 0 Å². The van der Waals surface area contributed by atoms with Crippen molar-refractivity contribution in [1.82, 2.24) is 14.8 Å². The summed E-state index contributed by atoms with van der Waals surface area (Å²) in [7, 11) is 0. The highest BCUT2D eigenvalue weighted by atomic mass is 19.1. The lowest BCUT2D eigenvalue weighted by atomic mass is 10.2. The lowest BCUT2D eigenvalue weighted by Crippen LogP contribution is -2.01. The molecule has 1 aromatic carbocycles. The molecule has 0 saturated carbocycles. The number of rotatable bonds is 3. The fourth-order valence-corrected chi connectivity index (χ4v) is 1.56. The van der Waals surface area contributed by atoms with E-state index in [0.29, 0.717) is 6.54 Å². The molecule has 0 unspecified atom stereocenters. The fraction of sp³-hybridized carbons (Fsp3) is 0.273. The van der Waals surface area contributed by atoms with E-state index in [4.69, 9.17) is 0 Å². The first kappa shape index (κ1) is 10.7. The first-order valence-corrected chi connectivity index (χ1v) is 5.06. The summed E-state index contributed by atoms with van der Waals surface area (Å²) < 4.78 is 28.7. The van der Waals surface area contributed by atoms with E-state index >= 15 is 0 Å². The van der Waals surface area contributed by atoms with Crippen LogP contribution in [-0.4, -0.2) is 14.8 Å². The largest absolute Gasteiger partial charge is 0.313 e. The van der Waals surface area contributed by atoms with Gasteiger partial charge in [-0.05, 0) is 18.6 Å². The summed E-state index contributed by atoms with van der Waals surface area (Å²) in [6.07, 6.45) is 2.33. The topological polar surface area (TPSA) is 30.7 Å². The normalized spacial score (nSPS) is 10.7. The minimum Gasteiger partial charge on any atom is -0.313 e. The van der Waals surface area contributed by atoms with Gasteiger partial charge in [0.05, 0.1) is 5.56 Å². The molecule has 0 fully saturated rings. The van der Waals surface area contributed by atoms with E-state index in [0.717, 1.165) is 6.42 Å². The van der Waals surface area contributed by atoms with Gasteiger partial charge in [-0.15, -0.1) is 10.2 Å². The van der Waals surface area contributed by atoms with Gasteiger partial charge < -0.3 is 4.57 Å². The van der Waals surface area contributed by atoms with Gasteiger partial charge in [-0.1, -0.05) is 13.0 Å². The summed E-state index contributed by atoms with van der Waals surface area (Å²) in [6.45, 7) is 2.61. The second-order valence-corrected chi connectivity index (χ2v) is 3.44. The molecule has 0 saturated heterocycles. The lowest BCUT2D eigenvalue weighted by molar-refractivity contribution is 0.582. The van der Waals surface area contributed by atoms with Crippen LogP contribution in [0.2, 0.25) is 0 Å². The van der Waals surface area contributed by atoms with Gasteiger partial charge in [-0.3, -0.25) is 0 Å². The summed E-state index contributed by atoms with van der Waals surface area (Å²) in [5.41, 5.74) is -0.117. The van der Waals surface area contributed by atoms with E-state index in [1.165, 1.54) is 24.5 Å². The molecule has 0 atom stereocenters. The summed E-state index contributed by atoms with van der Waals surface area (Å²) in [5.74, 6) is -1.01. The third-order valence-electron chi connectivity index (χ3n) is 2.27. The van der Waals surface area contributed by atoms with E-state index in [2.05, 4.69) is 10.2 Å². The van der Waals surface area contributed by atoms with Crippen LogP contribution >= 0.6 is 0 Å². The van der Waals surface area contributed by atoms with Gasteiger partial charge >= 0.3 is 0 Å². The predicted molar refractivity (Wildman–Crippen MR) is 55.7 cm³/mol. The molecule has 0 radical (unpaired) electrons. The van der Waals surface area contributed by atoms with Crippen LogP contribution < -0.4 is 0 Å². The fourth-order valence-electron chi connectivity index (χ4n) is 1.56. The Morgan fingerprint density at radius 3 is 2.56 bits per heavy atom. The molecule has 0 bridgehead atoms. The molecule has 0 spiro atoms. The van der Waals surface area contributed by atoms with Crippen molar-refractivity contribution in [3.8, 4) is 11.4 Å². The molecule has 1 heterocycles. The van der Waals surface area contributed by atoms with Gasteiger partial charge in [0.1, 0.15) is 18.0 Å². The Hall–Kier alpha value is -1.78. The number of benzene rings is 1. The second kappa shape index (κ2) is 4.38. The van der Waals surface area contributed by atoms with Gasteiger partial charge in [-0.25, -0.2) is 8.78 Å². The standard InChI is InChI=1S/C11H11F2N3/c1-2-6-16-7-14-15-11(16)10-8(12)4-3-5-9(10)13/h3-5,7H,2,6H2,1H3. The van der Waals surface area contributed by atoms with Crippen LogP contribution in [0.15, 0.2) is 24.5 Å². The number of aromatic nitrogens is 3. The van der Waals surface area contributed by atoms with Crippen molar-refractivity contribution in [1.29, 1.82) is 0 Å². The van der Waals surface area contributed by atoms with Gasteiger partial charge in [0.2, 0.25) is 0 Å². The molecule has 2 aromatic rings. The molecular formula is C11H11F2N3. The van der Waals surface area contributed by atoms with Gasteiger partial charge in [0.25, 0.3) is 0 Å². The highest BCUT2D eigenvalue weighted by Gasteiger charge is 2.16. The third-order valence-corrected chi connectivity index (χ3v) is 2.27.